The SMILES string of the molecule is CCCCCCCCCCCCC/C=C/C(O)C(COC1OC(CO)C(OC2OC(CO)C(OC3OC(CO)C(O)C(O)C3O)C(O)C2O)C(O)C1O)NC(=O)CCCCC. The molecule has 19 nitrogen and oxygen atoms in total. The molecular formula is C42H77NO18. The van der Waals surface area contributed by atoms with Crippen molar-refractivity contribution < 1.29 is 89.4 Å². The number of amides is 1. The van der Waals surface area contributed by atoms with Crippen molar-refractivity contribution in [2.75, 3.05) is 26.4 Å². The van der Waals surface area contributed by atoms with E-state index in [9.17, 15) is 61.0 Å². The molecule has 12 N–H and O–H groups in total. The lowest BCUT2D eigenvalue weighted by atomic mass is 9.96. The second kappa shape index (κ2) is 29.1. The molecule has 3 rings (SSSR count). The number of carbonyl (C=O) groups is 1. The lowest BCUT2D eigenvalue weighted by molar-refractivity contribution is -0.379. The number of hydrogen-bond donors (Lipinski definition) is 12. The molecule has 0 saturated carbocycles. The molecule has 0 aromatic heterocycles. The highest BCUT2D eigenvalue weighted by Crippen LogP contribution is 2.33. The van der Waals surface area contributed by atoms with Crippen LogP contribution in [0.25, 0.3) is 0 Å². The molecule has 3 saturated heterocycles. The Bertz CT molecular complexity index is 1200. The van der Waals surface area contributed by atoms with Crippen LogP contribution in [0.15, 0.2) is 12.2 Å². The largest absolute Gasteiger partial charge is 0.394 e. The predicted molar refractivity (Wildman–Crippen MR) is 217 cm³/mol. The standard InChI is InChI=1S/C42H77NO18/c1-3-5-7-8-9-10-11-12-13-14-15-16-18-19-26(47)25(43-30(48)20-17-6-4-2)24-56-40-36(54)33(51)38(28(22-45)58-40)61-42-37(55)34(52)39(29(23-46)59-42)60-41-35(53)32(50)31(49)27(21-44)57-41/h18-19,25-29,31-42,44-47,49-55H,3-17,20-24H2,1-2H3,(H,43,48)/b19-18+. The Balaban J connectivity index is 1.57. The molecule has 0 aromatic carbocycles. The summed E-state index contributed by atoms with van der Waals surface area (Å²) >= 11 is 0. The van der Waals surface area contributed by atoms with Crippen molar-refractivity contribution >= 4 is 5.91 Å². The molecule has 17 unspecified atom stereocenters. The van der Waals surface area contributed by atoms with Gasteiger partial charge < -0.3 is 89.9 Å². The number of aliphatic hydroxyl groups excluding tert-OH is 11. The first-order valence-electron chi connectivity index (χ1n) is 22.4. The Morgan fingerprint density at radius 1 is 0.574 bits per heavy atom. The van der Waals surface area contributed by atoms with Crippen molar-refractivity contribution in [1.82, 2.24) is 5.32 Å². The Hall–Kier alpha value is -1.47. The van der Waals surface area contributed by atoms with Crippen LogP contribution in [0.3, 0.4) is 0 Å². The molecule has 1 amide bonds. The van der Waals surface area contributed by atoms with Gasteiger partial charge in [-0.05, 0) is 19.3 Å². The summed E-state index contributed by atoms with van der Waals surface area (Å²) in [5, 5.41) is 119. The molecule has 3 aliphatic rings. The zero-order valence-corrected chi connectivity index (χ0v) is 35.9. The van der Waals surface area contributed by atoms with Gasteiger partial charge in [0.25, 0.3) is 0 Å². The minimum Gasteiger partial charge on any atom is -0.394 e. The van der Waals surface area contributed by atoms with Crippen LogP contribution in [0.4, 0.5) is 0 Å². The number of allylic oxidation sites excluding steroid dienone is 1. The topological polar surface area (TPSA) is 307 Å². The van der Waals surface area contributed by atoms with Gasteiger partial charge in [0, 0.05) is 6.42 Å². The molecule has 0 aliphatic carbocycles. The molecule has 3 aliphatic heterocycles. The zero-order chi connectivity index (χ0) is 44.9. The Kier molecular flexibility index (Phi) is 25.7. The average Bonchev–Trinajstić information content (AvgIpc) is 3.25. The summed E-state index contributed by atoms with van der Waals surface area (Å²) in [7, 11) is 0. The van der Waals surface area contributed by atoms with Gasteiger partial charge >= 0.3 is 0 Å². The van der Waals surface area contributed by atoms with Gasteiger partial charge in [0.2, 0.25) is 5.91 Å². The Morgan fingerprint density at radius 2 is 1.02 bits per heavy atom. The first-order valence-corrected chi connectivity index (χ1v) is 22.4. The van der Waals surface area contributed by atoms with Crippen molar-refractivity contribution in [2.45, 2.75) is 221 Å². The van der Waals surface area contributed by atoms with Gasteiger partial charge in [0.05, 0.1) is 38.6 Å². The maximum absolute atomic E-state index is 12.8. The van der Waals surface area contributed by atoms with E-state index in [1.165, 1.54) is 51.4 Å². The molecule has 3 fully saturated rings. The quantitative estimate of drug-likeness (QED) is 0.0321. The van der Waals surface area contributed by atoms with Crippen LogP contribution in [0.5, 0.6) is 0 Å². The van der Waals surface area contributed by atoms with Crippen molar-refractivity contribution in [3.63, 3.8) is 0 Å². The van der Waals surface area contributed by atoms with Gasteiger partial charge in [-0.1, -0.05) is 103 Å². The Labute approximate surface area is 359 Å². The zero-order valence-electron chi connectivity index (χ0n) is 35.9. The van der Waals surface area contributed by atoms with E-state index in [1.807, 2.05) is 13.0 Å². The van der Waals surface area contributed by atoms with Crippen molar-refractivity contribution in [3.8, 4) is 0 Å². The molecule has 0 radical (unpaired) electrons. The molecule has 358 valence electrons. The second-order valence-electron chi connectivity index (χ2n) is 16.5. The van der Waals surface area contributed by atoms with E-state index in [-0.39, 0.29) is 18.9 Å². The van der Waals surface area contributed by atoms with Crippen molar-refractivity contribution in [2.24, 2.45) is 0 Å². The number of ether oxygens (including phenoxy) is 6. The summed E-state index contributed by atoms with van der Waals surface area (Å²) in [6.45, 7) is 1.46. The van der Waals surface area contributed by atoms with Gasteiger partial charge in [0.1, 0.15) is 73.2 Å². The smallest absolute Gasteiger partial charge is 0.220 e. The van der Waals surface area contributed by atoms with Crippen LogP contribution in [0, 0.1) is 0 Å². The van der Waals surface area contributed by atoms with E-state index < -0.39 is 124 Å². The first kappa shape index (κ1) is 53.9. The normalized spacial score (nSPS) is 35.7. The molecule has 19 heteroatoms. The summed E-state index contributed by atoms with van der Waals surface area (Å²) in [6.07, 6.45) is -6.54. The number of rotatable bonds is 29. The number of carbonyl (C=O) groups excluding carboxylic acids is 1. The highest BCUT2D eigenvalue weighted by atomic mass is 16.8. The van der Waals surface area contributed by atoms with E-state index in [4.69, 9.17) is 28.4 Å². The predicted octanol–water partition coefficient (Wildman–Crippen LogP) is -0.865. The van der Waals surface area contributed by atoms with E-state index >= 15 is 0 Å². The number of aliphatic hydroxyl groups is 11. The number of hydrogen-bond acceptors (Lipinski definition) is 18. The van der Waals surface area contributed by atoms with E-state index in [1.54, 1.807) is 6.08 Å². The third-order valence-electron chi connectivity index (χ3n) is 11.6. The molecule has 0 bridgehead atoms. The van der Waals surface area contributed by atoms with E-state index in [2.05, 4.69) is 12.2 Å². The molecule has 3 heterocycles. The third-order valence-corrected chi connectivity index (χ3v) is 11.6. The van der Waals surface area contributed by atoms with Gasteiger partial charge in [-0.2, -0.15) is 0 Å². The molecule has 0 aromatic rings. The van der Waals surface area contributed by atoms with Crippen molar-refractivity contribution in [1.29, 1.82) is 0 Å². The lowest BCUT2D eigenvalue weighted by Gasteiger charge is -2.48. The van der Waals surface area contributed by atoms with Gasteiger partial charge in [-0.15, -0.1) is 0 Å². The molecular weight excluding hydrogens is 806 g/mol. The maximum atomic E-state index is 12.8. The van der Waals surface area contributed by atoms with E-state index in [0.29, 0.717) is 6.42 Å². The minimum atomic E-state index is -1.97. The Morgan fingerprint density at radius 3 is 1.54 bits per heavy atom. The number of nitrogens with one attached hydrogen (secondary N) is 1. The summed E-state index contributed by atoms with van der Waals surface area (Å²) in [5.41, 5.74) is 0. The third kappa shape index (κ3) is 16.8. The summed E-state index contributed by atoms with van der Waals surface area (Å²) in [4.78, 5) is 12.8. The summed E-state index contributed by atoms with van der Waals surface area (Å²) in [6, 6.07) is -0.960. The lowest BCUT2D eigenvalue weighted by Crippen LogP contribution is -2.66. The van der Waals surface area contributed by atoms with Crippen LogP contribution >= 0.6 is 0 Å². The van der Waals surface area contributed by atoms with Gasteiger partial charge in [-0.3, -0.25) is 4.79 Å². The fourth-order valence-electron chi connectivity index (χ4n) is 7.72. The minimum absolute atomic E-state index is 0.230. The monoisotopic (exact) mass is 884 g/mol. The van der Waals surface area contributed by atoms with Crippen LogP contribution in [-0.2, 0) is 33.2 Å². The highest BCUT2D eigenvalue weighted by molar-refractivity contribution is 5.76. The first-order chi connectivity index (χ1) is 29.3. The number of unbranched alkanes of at least 4 members (excludes halogenated alkanes) is 13. The van der Waals surface area contributed by atoms with Gasteiger partial charge in [0.15, 0.2) is 18.9 Å². The maximum Gasteiger partial charge on any atom is 0.220 e. The van der Waals surface area contributed by atoms with Crippen LogP contribution in [0.2, 0.25) is 0 Å². The van der Waals surface area contributed by atoms with E-state index in [0.717, 1.165) is 38.5 Å². The highest BCUT2D eigenvalue weighted by Gasteiger charge is 2.53. The fraction of sp³-hybridized carbons (Fsp3) is 0.929. The molecule has 17 atom stereocenters. The van der Waals surface area contributed by atoms with Crippen molar-refractivity contribution in [3.05, 3.63) is 12.2 Å². The molecule has 0 spiro atoms. The fourth-order valence-corrected chi connectivity index (χ4v) is 7.72. The average molecular weight is 884 g/mol. The van der Waals surface area contributed by atoms with Crippen LogP contribution in [0.1, 0.15) is 117 Å². The van der Waals surface area contributed by atoms with Crippen LogP contribution < -0.4 is 5.32 Å². The summed E-state index contributed by atoms with van der Waals surface area (Å²) < 4.78 is 33.8. The van der Waals surface area contributed by atoms with Gasteiger partial charge in [-0.25, -0.2) is 0 Å². The van der Waals surface area contributed by atoms with Crippen LogP contribution in [-0.4, -0.2) is 193 Å². The second-order valence-corrected chi connectivity index (χ2v) is 16.5. The summed E-state index contributed by atoms with van der Waals surface area (Å²) in [5.74, 6) is -0.304. The molecule has 61 heavy (non-hydrogen) atoms.